The highest BCUT2D eigenvalue weighted by molar-refractivity contribution is 5.21. The second kappa shape index (κ2) is 3.49. The van der Waals surface area contributed by atoms with Crippen LogP contribution in [0.1, 0.15) is 53.9 Å². The predicted octanol–water partition coefficient (Wildman–Crippen LogP) is 5.09. The van der Waals surface area contributed by atoms with Crippen LogP contribution in [0.15, 0.2) is 0 Å². The monoisotopic (exact) mass is 272 g/mol. The van der Waals surface area contributed by atoms with Crippen molar-refractivity contribution in [3.05, 3.63) is 0 Å². The fourth-order valence-corrected chi connectivity index (χ4v) is 8.55. The first-order valence-corrected chi connectivity index (χ1v) is 9.46. The van der Waals surface area contributed by atoms with Gasteiger partial charge in [-0.15, -0.1) is 0 Å². The minimum Gasteiger partial charge on any atom is -0.0620 e. The highest BCUT2D eigenvalue weighted by atomic mass is 14.8. The Balaban J connectivity index is 1.51. The summed E-state index contributed by atoms with van der Waals surface area (Å²) in [5.74, 6) is 12.0. The quantitative estimate of drug-likeness (QED) is 0.576. The molecule has 6 saturated carbocycles. The van der Waals surface area contributed by atoms with E-state index in [4.69, 9.17) is 0 Å². The van der Waals surface area contributed by atoms with Gasteiger partial charge in [0.05, 0.1) is 0 Å². The van der Waals surface area contributed by atoms with Gasteiger partial charge >= 0.3 is 0 Å². The van der Waals surface area contributed by atoms with Crippen molar-refractivity contribution >= 4 is 0 Å². The molecule has 6 fully saturated rings. The van der Waals surface area contributed by atoms with Gasteiger partial charge in [0, 0.05) is 0 Å². The Morgan fingerprint density at radius 2 is 1.15 bits per heavy atom. The number of fused-ring (bicyclic) bond motifs is 1. The maximum absolute atomic E-state index is 2.66. The highest BCUT2D eigenvalue weighted by Crippen LogP contribution is 2.79. The molecule has 112 valence electrons. The van der Waals surface area contributed by atoms with Crippen LogP contribution in [0.25, 0.3) is 0 Å². The maximum Gasteiger partial charge on any atom is -0.0246 e. The van der Waals surface area contributed by atoms with Crippen molar-refractivity contribution in [2.75, 3.05) is 0 Å². The molecule has 6 aliphatic carbocycles. The zero-order chi connectivity index (χ0) is 14.0. The Kier molecular flexibility index (Phi) is 2.19. The van der Waals surface area contributed by atoms with Gasteiger partial charge < -0.3 is 0 Å². The lowest BCUT2D eigenvalue weighted by Crippen LogP contribution is -2.75. The van der Waals surface area contributed by atoms with Gasteiger partial charge in [-0.25, -0.2) is 0 Å². The molecule has 6 rings (SSSR count). The number of hydrogen-bond acceptors (Lipinski definition) is 0. The van der Waals surface area contributed by atoms with E-state index in [9.17, 15) is 0 Å². The summed E-state index contributed by atoms with van der Waals surface area (Å²) in [6, 6.07) is 0. The van der Waals surface area contributed by atoms with Gasteiger partial charge in [0.15, 0.2) is 0 Å². The third-order valence-corrected chi connectivity index (χ3v) is 10.2. The summed E-state index contributed by atoms with van der Waals surface area (Å²) in [6.07, 6.45) is 4.68. The molecule has 0 aromatic rings. The van der Waals surface area contributed by atoms with Gasteiger partial charge in [-0.05, 0) is 89.8 Å². The van der Waals surface area contributed by atoms with Crippen molar-refractivity contribution in [3.8, 4) is 0 Å². The van der Waals surface area contributed by atoms with E-state index in [1.165, 1.54) is 30.1 Å². The summed E-state index contributed by atoms with van der Waals surface area (Å²) in [6.45, 7) is 13.0. The minimum absolute atomic E-state index is 0.680. The van der Waals surface area contributed by atoms with Crippen LogP contribution in [0.3, 0.4) is 0 Å². The molecule has 0 heterocycles. The number of rotatable bonds is 0. The lowest BCUT2D eigenvalue weighted by molar-refractivity contribution is -0.322. The highest BCUT2D eigenvalue weighted by Gasteiger charge is 2.74. The predicted molar refractivity (Wildman–Crippen MR) is 83.0 cm³/mol. The summed E-state index contributed by atoms with van der Waals surface area (Å²) in [5.41, 5.74) is 0.680. The van der Waals surface area contributed by atoms with Crippen LogP contribution in [-0.2, 0) is 0 Å². The van der Waals surface area contributed by atoms with Crippen LogP contribution in [0.2, 0.25) is 0 Å². The van der Waals surface area contributed by atoms with Crippen molar-refractivity contribution in [3.63, 3.8) is 0 Å². The molecule has 0 aliphatic heterocycles. The van der Waals surface area contributed by atoms with Crippen molar-refractivity contribution < 1.29 is 0 Å². The molecule has 0 heteroatoms. The molecule has 0 N–H and O–H groups in total. The lowest BCUT2D eigenvalue weighted by atomic mass is 9.25. The van der Waals surface area contributed by atoms with Crippen molar-refractivity contribution in [1.29, 1.82) is 0 Å². The van der Waals surface area contributed by atoms with E-state index in [1.807, 2.05) is 0 Å². The first-order valence-electron chi connectivity index (χ1n) is 9.46. The van der Waals surface area contributed by atoms with E-state index in [-0.39, 0.29) is 0 Å². The first kappa shape index (κ1) is 12.5. The van der Waals surface area contributed by atoms with Gasteiger partial charge in [-0.2, -0.15) is 0 Å². The Bertz CT molecular complexity index is 413. The molecule has 0 aromatic carbocycles. The molecule has 0 spiro atoms. The summed E-state index contributed by atoms with van der Waals surface area (Å²) < 4.78 is 0. The molecule has 4 bridgehead atoms. The van der Waals surface area contributed by atoms with E-state index in [0.717, 1.165) is 41.4 Å². The third kappa shape index (κ3) is 1.06. The molecule has 0 aromatic heterocycles. The van der Waals surface area contributed by atoms with Crippen LogP contribution >= 0.6 is 0 Å². The third-order valence-electron chi connectivity index (χ3n) is 10.2. The average molecular weight is 272 g/mol. The second-order valence-electron chi connectivity index (χ2n) is 9.93. The molecule has 0 saturated heterocycles. The molecule has 20 heavy (non-hydrogen) atoms. The normalized spacial score (nSPS) is 73.3. The Hall–Kier alpha value is 0. The summed E-state index contributed by atoms with van der Waals surface area (Å²) in [4.78, 5) is 0. The number of hydrogen-bond donors (Lipinski definition) is 0. The van der Waals surface area contributed by atoms with Gasteiger partial charge in [0.2, 0.25) is 0 Å². The molecule has 0 nitrogen and oxygen atoms in total. The molecule has 12 atom stereocenters. The minimum atomic E-state index is 0.680. The van der Waals surface area contributed by atoms with Gasteiger partial charge in [0.25, 0.3) is 0 Å². The Morgan fingerprint density at radius 1 is 0.650 bits per heavy atom. The smallest absolute Gasteiger partial charge is 0.0246 e. The fourth-order valence-electron chi connectivity index (χ4n) is 8.55. The van der Waals surface area contributed by atoms with E-state index >= 15 is 0 Å². The molecular formula is C20H32. The van der Waals surface area contributed by atoms with Crippen molar-refractivity contribution in [2.24, 2.45) is 70.5 Å². The Labute approximate surface area is 125 Å². The van der Waals surface area contributed by atoms with Crippen molar-refractivity contribution in [1.82, 2.24) is 0 Å². The summed E-state index contributed by atoms with van der Waals surface area (Å²) >= 11 is 0. The van der Waals surface area contributed by atoms with Gasteiger partial charge in [0.1, 0.15) is 0 Å². The molecule has 6 aliphatic rings. The second-order valence-corrected chi connectivity index (χ2v) is 9.93. The zero-order valence-electron chi connectivity index (χ0n) is 14.0. The summed E-state index contributed by atoms with van der Waals surface area (Å²) in [5, 5.41) is 0. The standard InChI is InChI=1S/C20H32/c1-9-6-13-8-15-12(4)17-18-14(7-10(2)20(9,13)5)11(3)16(18)19(15)17/h9-19H,6-8H2,1-5H3. The largest absolute Gasteiger partial charge is 0.0620 e. The molecular weight excluding hydrogens is 240 g/mol. The molecule has 0 amide bonds. The van der Waals surface area contributed by atoms with Crippen LogP contribution in [-0.4, -0.2) is 0 Å². The van der Waals surface area contributed by atoms with E-state index in [2.05, 4.69) is 34.6 Å². The Morgan fingerprint density at radius 3 is 1.70 bits per heavy atom. The maximum atomic E-state index is 2.66. The molecule has 12 unspecified atom stereocenters. The van der Waals surface area contributed by atoms with E-state index in [1.54, 1.807) is 12.8 Å². The van der Waals surface area contributed by atoms with Crippen molar-refractivity contribution in [2.45, 2.75) is 53.9 Å². The zero-order valence-corrected chi connectivity index (χ0v) is 14.0. The van der Waals surface area contributed by atoms with Crippen LogP contribution in [0, 0.1) is 70.5 Å². The van der Waals surface area contributed by atoms with Crippen LogP contribution in [0.5, 0.6) is 0 Å². The van der Waals surface area contributed by atoms with Gasteiger partial charge in [-0.1, -0.05) is 34.6 Å². The fraction of sp³-hybridized carbons (Fsp3) is 1.00. The lowest BCUT2D eigenvalue weighted by Gasteiger charge is -2.80. The SMILES string of the molecule is CC1C2CC(C)C3(C)C(C)CC3CC3C(C)C4C2C1C34. The van der Waals surface area contributed by atoms with Crippen LogP contribution < -0.4 is 0 Å². The topological polar surface area (TPSA) is 0 Å². The first-order chi connectivity index (χ1) is 9.46. The molecule has 0 radical (unpaired) electrons. The van der Waals surface area contributed by atoms with Gasteiger partial charge in [-0.3, -0.25) is 0 Å². The van der Waals surface area contributed by atoms with Crippen LogP contribution in [0.4, 0.5) is 0 Å². The van der Waals surface area contributed by atoms with E-state index in [0.29, 0.717) is 5.41 Å². The summed E-state index contributed by atoms with van der Waals surface area (Å²) in [7, 11) is 0. The average Bonchev–Trinajstić information content (AvgIpc) is 2.41. The van der Waals surface area contributed by atoms with E-state index < -0.39 is 0 Å².